The quantitative estimate of drug-likeness (QED) is 0.770. The molecule has 1 N–H and O–H groups in total. The summed E-state index contributed by atoms with van der Waals surface area (Å²) >= 11 is 0. The number of hydrogen-bond acceptors (Lipinski definition) is 2. The molecule has 1 amide bonds. The zero-order valence-electron chi connectivity index (χ0n) is 8.10. The molecule has 74 valence electrons. The third-order valence-electron chi connectivity index (χ3n) is 2.49. The van der Waals surface area contributed by atoms with Crippen molar-refractivity contribution < 1.29 is 9.90 Å². The molecule has 0 spiro atoms. The Bertz CT molecular complexity index is 362. The zero-order chi connectivity index (χ0) is 10.1. The normalized spacial score (nSPS) is 20.0. The molecule has 1 aromatic carbocycles. The fourth-order valence-electron chi connectivity index (χ4n) is 1.82. The number of amides is 1. The van der Waals surface area contributed by atoms with E-state index in [4.69, 9.17) is 0 Å². The highest BCUT2D eigenvalue weighted by atomic mass is 16.3. The van der Waals surface area contributed by atoms with Crippen molar-refractivity contribution in [3.63, 3.8) is 0 Å². The van der Waals surface area contributed by atoms with E-state index in [9.17, 15) is 9.90 Å². The van der Waals surface area contributed by atoms with Gasteiger partial charge in [0.05, 0.1) is 0 Å². The highest BCUT2D eigenvalue weighted by Crippen LogP contribution is 2.30. The summed E-state index contributed by atoms with van der Waals surface area (Å²) < 4.78 is 0. The first-order chi connectivity index (χ1) is 6.75. The molecule has 1 aliphatic rings. The molecule has 0 unspecified atom stereocenters. The Hall–Kier alpha value is -1.35. The molecule has 0 aliphatic carbocycles. The van der Waals surface area contributed by atoms with Crippen molar-refractivity contribution in [3.8, 4) is 0 Å². The van der Waals surface area contributed by atoms with Crippen LogP contribution in [0.25, 0.3) is 0 Å². The molecule has 1 atom stereocenters. The predicted molar refractivity (Wildman–Crippen MR) is 52.7 cm³/mol. The first-order valence-corrected chi connectivity index (χ1v) is 4.83. The lowest BCUT2D eigenvalue weighted by atomic mass is 10.1. The van der Waals surface area contributed by atoms with E-state index < -0.39 is 6.23 Å². The van der Waals surface area contributed by atoms with Crippen molar-refractivity contribution in [1.29, 1.82) is 0 Å². The molecule has 0 saturated carbocycles. The topological polar surface area (TPSA) is 40.5 Å². The molecule has 14 heavy (non-hydrogen) atoms. The van der Waals surface area contributed by atoms with Crippen molar-refractivity contribution in [2.75, 3.05) is 6.54 Å². The Morgan fingerprint density at radius 3 is 2.79 bits per heavy atom. The number of aliphatic hydroxyl groups excluding tert-OH is 1. The van der Waals surface area contributed by atoms with Gasteiger partial charge in [0.1, 0.15) is 0 Å². The Labute approximate surface area is 83.0 Å². The second kappa shape index (κ2) is 3.42. The molecular weight excluding hydrogens is 178 g/mol. The number of carbonyl (C=O) groups excluding carboxylic acids is 1. The molecule has 3 nitrogen and oxygen atoms in total. The van der Waals surface area contributed by atoms with Gasteiger partial charge in [0, 0.05) is 17.7 Å². The maximum Gasteiger partial charge on any atom is 0.256 e. The summed E-state index contributed by atoms with van der Waals surface area (Å²) in [6.07, 6.45) is 0.107. The standard InChI is InChI=1S/C11H13NO2/c1-2-7-12-10(13)8-5-3-4-6-9(8)11(12)14/h3-6,10,13H,2,7H2,1H3/t10-/m0/s1. The smallest absolute Gasteiger partial charge is 0.256 e. The predicted octanol–water partition coefficient (Wildman–Crippen LogP) is 1.54. The van der Waals surface area contributed by atoms with E-state index in [0.29, 0.717) is 12.1 Å². The van der Waals surface area contributed by atoms with Crippen molar-refractivity contribution in [3.05, 3.63) is 35.4 Å². The number of aliphatic hydroxyl groups is 1. The summed E-state index contributed by atoms with van der Waals surface area (Å²) in [6.45, 7) is 2.59. The van der Waals surface area contributed by atoms with Crippen LogP contribution in [-0.2, 0) is 0 Å². The SMILES string of the molecule is CCCN1C(=O)c2ccccc2[C@@H]1O. The number of rotatable bonds is 2. The third-order valence-corrected chi connectivity index (χ3v) is 2.49. The highest BCUT2D eigenvalue weighted by molar-refractivity contribution is 5.98. The monoisotopic (exact) mass is 191 g/mol. The maximum absolute atomic E-state index is 11.8. The van der Waals surface area contributed by atoms with Crippen molar-refractivity contribution in [1.82, 2.24) is 4.90 Å². The second-order valence-electron chi connectivity index (χ2n) is 3.46. The van der Waals surface area contributed by atoms with Crippen LogP contribution in [0.2, 0.25) is 0 Å². The van der Waals surface area contributed by atoms with E-state index in [0.717, 1.165) is 12.0 Å². The van der Waals surface area contributed by atoms with Gasteiger partial charge in [-0.05, 0) is 12.5 Å². The van der Waals surface area contributed by atoms with E-state index in [-0.39, 0.29) is 5.91 Å². The molecule has 2 rings (SSSR count). The van der Waals surface area contributed by atoms with Crippen molar-refractivity contribution in [2.45, 2.75) is 19.6 Å². The zero-order valence-corrected chi connectivity index (χ0v) is 8.10. The van der Waals surface area contributed by atoms with Gasteiger partial charge in [-0.2, -0.15) is 0 Å². The minimum atomic E-state index is -0.751. The van der Waals surface area contributed by atoms with E-state index in [2.05, 4.69) is 0 Å². The lowest BCUT2D eigenvalue weighted by Gasteiger charge is -2.19. The molecule has 0 aromatic heterocycles. The second-order valence-corrected chi connectivity index (χ2v) is 3.46. The van der Waals surface area contributed by atoms with Gasteiger partial charge in [0.2, 0.25) is 0 Å². The summed E-state index contributed by atoms with van der Waals surface area (Å²) in [4.78, 5) is 13.3. The van der Waals surface area contributed by atoms with Crippen LogP contribution in [0.15, 0.2) is 24.3 Å². The summed E-state index contributed by atoms with van der Waals surface area (Å²) in [6, 6.07) is 7.22. The fraction of sp³-hybridized carbons (Fsp3) is 0.364. The van der Waals surface area contributed by atoms with E-state index in [1.807, 2.05) is 19.1 Å². The van der Waals surface area contributed by atoms with Gasteiger partial charge in [-0.3, -0.25) is 4.79 Å². The van der Waals surface area contributed by atoms with E-state index in [1.165, 1.54) is 4.90 Å². The van der Waals surface area contributed by atoms with Crippen LogP contribution < -0.4 is 0 Å². The minimum absolute atomic E-state index is 0.0602. The first-order valence-electron chi connectivity index (χ1n) is 4.83. The molecular formula is C11H13NO2. The van der Waals surface area contributed by atoms with Gasteiger partial charge in [-0.1, -0.05) is 25.1 Å². The number of hydrogen-bond donors (Lipinski definition) is 1. The largest absolute Gasteiger partial charge is 0.369 e. The molecule has 0 radical (unpaired) electrons. The molecule has 1 aliphatic heterocycles. The van der Waals surface area contributed by atoms with Crippen LogP contribution in [-0.4, -0.2) is 22.5 Å². The van der Waals surface area contributed by atoms with Gasteiger partial charge in [0.25, 0.3) is 5.91 Å². The average Bonchev–Trinajstić information content (AvgIpc) is 2.45. The number of carbonyl (C=O) groups is 1. The van der Waals surface area contributed by atoms with Crippen molar-refractivity contribution >= 4 is 5.91 Å². The molecule has 1 aromatic rings. The van der Waals surface area contributed by atoms with Gasteiger partial charge in [0.15, 0.2) is 6.23 Å². The first kappa shape index (κ1) is 9.21. The Morgan fingerprint density at radius 2 is 2.14 bits per heavy atom. The highest BCUT2D eigenvalue weighted by Gasteiger charge is 2.33. The van der Waals surface area contributed by atoms with Gasteiger partial charge >= 0.3 is 0 Å². The number of fused-ring (bicyclic) bond motifs is 1. The number of benzene rings is 1. The summed E-state index contributed by atoms with van der Waals surface area (Å²) in [5.41, 5.74) is 1.36. The van der Waals surface area contributed by atoms with Gasteiger partial charge in [-0.25, -0.2) is 0 Å². The lowest BCUT2D eigenvalue weighted by Crippen LogP contribution is -2.28. The van der Waals surface area contributed by atoms with Gasteiger partial charge < -0.3 is 10.0 Å². The van der Waals surface area contributed by atoms with Crippen LogP contribution in [0.5, 0.6) is 0 Å². The summed E-state index contributed by atoms with van der Waals surface area (Å²) in [5.74, 6) is -0.0602. The Kier molecular flexibility index (Phi) is 2.25. The number of nitrogens with zero attached hydrogens (tertiary/aromatic N) is 1. The lowest BCUT2D eigenvalue weighted by molar-refractivity contribution is 0.0178. The molecule has 0 fully saturated rings. The van der Waals surface area contributed by atoms with E-state index >= 15 is 0 Å². The maximum atomic E-state index is 11.8. The van der Waals surface area contributed by atoms with Crippen LogP contribution in [0.3, 0.4) is 0 Å². The van der Waals surface area contributed by atoms with Crippen LogP contribution >= 0.6 is 0 Å². The Morgan fingerprint density at radius 1 is 1.43 bits per heavy atom. The Balaban J connectivity index is 2.38. The minimum Gasteiger partial charge on any atom is -0.369 e. The van der Waals surface area contributed by atoms with E-state index in [1.54, 1.807) is 12.1 Å². The van der Waals surface area contributed by atoms with Crippen LogP contribution in [0.1, 0.15) is 35.5 Å². The molecule has 1 heterocycles. The van der Waals surface area contributed by atoms with Crippen LogP contribution in [0.4, 0.5) is 0 Å². The molecule has 3 heteroatoms. The summed E-state index contributed by atoms with van der Waals surface area (Å²) in [7, 11) is 0. The van der Waals surface area contributed by atoms with Crippen LogP contribution in [0, 0.1) is 0 Å². The molecule has 0 bridgehead atoms. The van der Waals surface area contributed by atoms with Crippen molar-refractivity contribution in [2.24, 2.45) is 0 Å². The fourth-order valence-corrected chi connectivity index (χ4v) is 1.82. The molecule has 0 saturated heterocycles. The average molecular weight is 191 g/mol. The van der Waals surface area contributed by atoms with Gasteiger partial charge in [-0.15, -0.1) is 0 Å². The summed E-state index contributed by atoms with van der Waals surface area (Å²) in [5, 5.41) is 9.85. The third kappa shape index (κ3) is 1.21.